The van der Waals surface area contributed by atoms with Crippen molar-refractivity contribution in [2.75, 3.05) is 72.6 Å². The molecule has 0 aromatic rings. The van der Waals surface area contributed by atoms with Crippen molar-refractivity contribution in [1.29, 1.82) is 0 Å². The van der Waals surface area contributed by atoms with E-state index in [4.69, 9.17) is 4.74 Å². The van der Waals surface area contributed by atoms with Gasteiger partial charge in [0.1, 0.15) is 23.9 Å². The maximum absolute atomic E-state index is 12.4. The Morgan fingerprint density at radius 2 is 1.10 bits per heavy atom. The molecule has 39 heavy (non-hydrogen) atoms. The number of aliphatic hydroxyl groups is 4. The summed E-state index contributed by atoms with van der Waals surface area (Å²) in [4.78, 5) is 24.5. The molecule has 0 fully saturated rings. The van der Waals surface area contributed by atoms with Gasteiger partial charge >= 0.3 is 0 Å². The van der Waals surface area contributed by atoms with E-state index in [-0.39, 0.29) is 13.0 Å². The van der Waals surface area contributed by atoms with Crippen molar-refractivity contribution in [3.8, 4) is 0 Å². The maximum atomic E-state index is 12.4. The predicted molar refractivity (Wildman–Crippen MR) is 152 cm³/mol. The molecular formula is C26H56N6O7. The summed E-state index contributed by atoms with van der Waals surface area (Å²) < 4.78 is 5.09. The van der Waals surface area contributed by atoms with Gasteiger partial charge in [-0.3, -0.25) is 9.59 Å². The summed E-state index contributed by atoms with van der Waals surface area (Å²) in [5, 5.41) is 59.6. The second-order valence-electron chi connectivity index (χ2n) is 9.78. The van der Waals surface area contributed by atoms with Gasteiger partial charge in [0.15, 0.2) is 11.9 Å². The molecule has 0 rings (SSSR count). The first-order valence-electron chi connectivity index (χ1n) is 14.2. The van der Waals surface area contributed by atoms with Crippen LogP contribution in [0.25, 0.3) is 0 Å². The highest BCUT2D eigenvalue weighted by molar-refractivity contribution is 5.91. The number of methoxy groups -OCH3 is 1. The third kappa shape index (κ3) is 15.4. The first kappa shape index (κ1) is 37.7. The smallest absolute Gasteiger partial charge is 0.251 e. The first-order valence-corrected chi connectivity index (χ1v) is 14.2. The Balaban J connectivity index is 3.84. The lowest BCUT2D eigenvalue weighted by molar-refractivity contribution is -0.166. The normalized spacial score (nSPS) is 16.5. The van der Waals surface area contributed by atoms with E-state index in [2.05, 4.69) is 45.7 Å². The van der Waals surface area contributed by atoms with Crippen molar-refractivity contribution >= 4 is 11.7 Å². The highest BCUT2D eigenvalue weighted by Crippen LogP contribution is 2.20. The Kier molecular flexibility index (Phi) is 21.7. The van der Waals surface area contributed by atoms with Crippen LogP contribution >= 0.6 is 0 Å². The standard InChI is InChI=1S/C26H56N6O7/c1-6-19(7-2)31-17-15-29-13-11-27-9-10-28-12-14-30-16-18-32-25(38)23(36)21(34)20(33)22(35)24(37)26(4,8-3)39-5/h19-23,27-31,33-36H,6-18H2,1-5H3,(H,32,38)/t20-,21-,22+,23+,26?/m0/s1. The van der Waals surface area contributed by atoms with E-state index < -0.39 is 41.7 Å². The van der Waals surface area contributed by atoms with E-state index in [1.807, 2.05) is 0 Å². The van der Waals surface area contributed by atoms with Gasteiger partial charge in [-0.05, 0) is 26.2 Å². The van der Waals surface area contributed by atoms with E-state index >= 15 is 0 Å². The Morgan fingerprint density at radius 3 is 1.51 bits per heavy atom. The number of amides is 1. The molecule has 0 saturated carbocycles. The number of aliphatic hydroxyl groups excluding tert-OH is 4. The molecule has 0 aliphatic carbocycles. The van der Waals surface area contributed by atoms with Crippen molar-refractivity contribution in [3.63, 3.8) is 0 Å². The van der Waals surface area contributed by atoms with Crippen LogP contribution in [0.1, 0.15) is 47.0 Å². The Hall–Kier alpha value is -1.26. The molecular weight excluding hydrogens is 508 g/mol. The summed E-state index contributed by atoms with van der Waals surface area (Å²) in [6.07, 6.45) is -5.63. The maximum Gasteiger partial charge on any atom is 0.251 e. The van der Waals surface area contributed by atoms with Crippen LogP contribution < -0.4 is 31.9 Å². The van der Waals surface area contributed by atoms with Crippen LogP contribution in [0, 0.1) is 0 Å². The fourth-order valence-corrected chi connectivity index (χ4v) is 3.77. The number of carbonyl (C=O) groups excluding carboxylic acids is 2. The zero-order valence-corrected chi connectivity index (χ0v) is 24.6. The molecule has 0 aromatic heterocycles. The Bertz CT molecular complexity index is 638. The minimum atomic E-state index is -2.06. The second-order valence-corrected chi connectivity index (χ2v) is 9.78. The molecule has 0 saturated heterocycles. The van der Waals surface area contributed by atoms with Crippen LogP contribution in [-0.4, -0.2) is 141 Å². The van der Waals surface area contributed by atoms with Crippen molar-refractivity contribution in [3.05, 3.63) is 0 Å². The highest BCUT2D eigenvalue weighted by atomic mass is 16.5. The van der Waals surface area contributed by atoms with Gasteiger partial charge in [0.25, 0.3) is 5.91 Å². The molecule has 0 aliphatic rings. The zero-order valence-electron chi connectivity index (χ0n) is 24.6. The molecule has 13 nitrogen and oxygen atoms in total. The summed E-state index contributed by atoms with van der Waals surface area (Å²) in [7, 11) is 1.29. The fourth-order valence-electron chi connectivity index (χ4n) is 3.77. The number of Topliss-reactive ketones (excluding diaryl/α,β-unsaturated/α-hetero) is 1. The third-order valence-electron chi connectivity index (χ3n) is 6.94. The largest absolute Gasteiger partial charge is 0.387 e. The quantitative estimate of drug-likeness (QED) is 0.0481. The van der Waals surface area contributed by atoms with E-state index in [0.717, 1.165) is 58.7 Å². The number of nitrogens with one attached hydrogen (secondary N) is 6. The van der Waals surface area contributed by atoms with Gasteiger partial charge in [-0.25, -0.2) is 0 Å². The lowest BCUT2D eigenvalue weighted by Crippen LogP contribution is -2.56. The van der Waals surface area contributed by atoms with Crippen LogP contribution in [0.4, 0.5) is 0 Å². The predicted octanol–water partition coefficient (Wildman–Crippen LogP) is -2.93. The highest BCUT2D eigenvalue weighted by Gasteiger charge is 2.43. The monoisotopic (exact) mass is 564 g/mol. The number of carbonyl (C=O) groups is 2. The minimum Gasteiger partial charge on any atom is -0.387 e. The van der Waals surface area contributed by atoms with Gasteiger partial charge in [0.2, 0.25) is 0 Å². The summed E-state index contributed by atoms with van der Waals surface area (Å²) in [5.41, 5.74) is -1.37. The third-order valence-corrected chi connectivity index (χ3v) is 6.94. The Morgan fingerprint density at radius 1 is 0.692 bits per heavy atom. The fraction of sp³-hybridized carbons (Fsp3) is 0.923. The SMILES string of the molecule is CCC(CC)NCCNCCNCCNCCNCCNC(=O)[C@H](O)[C@@H](O)[C@H](O)[C@@H](O)C(=O)C(C)(CC)OC. The van der Waals surface area contributed by atoms with Crippen LogP contribution in [0.15, 0.2) is 0 Å². The molecule has 0 aliphatic heterocycles. The van der Waals surface area contributed by atoms with Crippen molar-refractivity contribution in [1.82, 2.24) is 31.9 Å². The van der Waals surface area contributed by atoms with Crippen LogP contribution in [0.2, 0.25) is 0 Å². The molecule has 13 heteroatoms. The van der Waals surface area contributed by atoms with Gasteiger partial charge in [-0.2, -0.15) is 0 Å². The minimum absolute atomic E-state index is 0.180. The van der Waals surface area contributed by atoms with Crippen molar-refractivity contribution in [2.24, 2.45) is 0 Å². The van der Waals surface area contributed by atoms with Gasteiger partial charge in [0.05, 0.1) is 0 Å². The molecule has 0 aromatic carbocycles. The lowest BCUT2D eigenvalue weighted by Gasteiger charge is -2.31. The molecule has 232 valence electrons. The number of ether oxygens (including phenoxy) is 1. The van der Waals surface area contributed by atoms with Crippen LogP contribution in [0.3, 0.4) is 0 Å². The van der Waals surface area contributed by atoms with Crippen molar-refractivity contribution < 1.29 is 34.8 Å². The van der Waals surface area contributed by atoms with Gasteiger partial charge < -0.3 is 57.1 Å². The first-order chi connectivity index (χ1) is 18.6. The number of ketones is 1. The average molecular weight is 565 g/mol. The van der Waals surface area contributed by atoms with Gasteiger partial charge in [-0.15, -0.1) is 0 Å². The molecule has 0 bridgehead atoms. The van der Waals surface area contributed by atoms with Crippen LogP contribution in [0.5, 0.6) is 0 Å². The van der Waals surface area contributed by atoms with E-state index in [1.54, 1.807) is 6.92 Å². The summed E-state index contributed by atoms with van der Waals surface area (Å²) in [6.45, 7) is 15.0. The van der Waals surface area contributed by atoms with Crippen molar-refractivity contribution in [2.45, 2.75) is 83.0 Å². The topological polar surface area (TPSA) is 196 Å². The van der Waals surface area contributed by atoms with Crippen LogP contribution in [-0.2, 0) is 14.3 Å². The summed E-state index contributed by atoms with van der Waals surface area (Å²) >= 11 is 0. The lowest BCUT2D eigenvalue weighted by atomic mass is 9.88. The van der Waals surface area contributed by atoms with Gasteiger partial charge in [-0.1, -0.05) is 20.8 Å². The Labute approximate surface area is 234 Å². The summed E-state index contributed by atoms with van der Waals surface area (Å²) in [6, 6.07) is 0.607. The van der Waals surface area contributed by atoms with E-state index in [9.17, 15) is 30.0 Å². The van der Waals surface area contributed by atoms with E-state index in [1.165, 1.54) is 14.0 Å². The molecule has 1 amide bonds. The number of hydrogen-bond acceptors (Lipinski definition) is 12. The molecule has 1 unspecified atom stereocenters. The summed E-state index contributed by atoms with van der Waals surface area (Å²) in [5.74, 6) is -1.78. The molecule has 0 spiro atoms. The molecule has 5 atom stereocenters. The molecule has 0 heterocycles. The average Bonchev–Trinajstić information content (AvgIpc) is 2.96. The number of rotatable bonds is 26. The molecule has 10 N–H and O–H groups in total. The van der Waals surface area contributed by atoms with E-state index in [0.29, 0.717) is 19.1 Å². The second kappa shape index (κ2) is 22.4. The number of hydrogen-bond donors (Lipinski definition) is 10. The van der Waals surface area contributed by atoms with Gasteiger partial charge in [0, 0.05) is 78.6 Å². The zero-order chi connectivity index (χ0) is 29.7. The molecule has 0 radical (unpaired) electrons.